The molecule has 23 heavy (non-hydrogen) atoms. The van der Waals surface area contributed by atoms with E-state index in [1.807, 2.05) is 24.3 Å². The first kappa shape index (κ1) is 15.5. The second kappa shape index (κ2) is 6.38. The lowest BCUT2D eigenvalue weighted by Crippen LogP contribution is -2.87. The van der Waals surface area contributed by atoms with Crippen molar-refractivity contribution in [2.75, 3.05) is 27.9 Å². The van der Waals surface area contributed by atoms with Crippen molar-refractivity contribution in [2.24, 2.45) is 0 Å². The predicted octanol–water partition coefficient (Wildman–Crippen LogP) is 1.63. The van der Waals surface area contributed by atoms with Crippen molar-refractivity contribution in [2.45, 2.75) is 12.5 Å². The summed E-state index contributed by atoms with van der Waals surface area (Å²) >= 11 is 0. The van der Waals surface area contributed by atoms with Gasteiger partial charge in [0.25, 0.3) is 0 Å². The van der Waals surface area contributed by atoms with Crippen LogP contribution < -0.4 is 19.5 Å². The Labute approximate surface area is 135 Å². The van der Waals surface area contributed by atoms with E-state index in [2.05, 4.69) is 5.32 Å². The van der Waals surface area contributed by atoms with Crippen LogP contribution in [0, 0.1) is 0 Å². The fourth-order valence-electron chi connectivity index (χ4n) is 3.18. The van der Waals surface area contributed by atoms with Gasteiger partial charge in [0.15, 0.2) is 11.5 Å². The summed E-state index contributed by atoms with van der Waals surface area (Å²) in [5.41, 5.74) is 3.25. The lowest BCUT2D eigenvalue weighted by molar-refractivity contribution is -0.690. The number of nitrogens with two attached hydrogens (primary N) is 1. The number of ether oxygens (including phenoxy) is 3. The maximum absolute atomic E-state index is 10.4. The Balaban J connectivity index is 2.07. The lowest BCUT2D eigenvalue weighted by atomic mass is 9.89. The molecular weight excluding hydrogens is 294 g/mol. The Kier molecular flexibility index (Phi) is 4.30. The van der Waals surface area contributed by atoms with Crippen molar-refractivity contribution < 1.29 is 24.6 Å². The maximum atomic E-state index is 10.4. The average Bonchev–Trinajstić information content (AvgIpc) is 2.59. The molecule has 1 heterocycles. The smallest absolute Gasteiger partial charge is 0.161 e. The summed E-state index contributed by atoms with van der Waals surface area (Å²) in [5.74, 6) is 2.34. The van der Waals surface area contributed by atoms with Gasteiger partial charge in [-0.3, -0.25) is 0 Å². The van der Waals surface area contributed by atoms with Gasteiger partial charge in [-0.05, 0) is 29.8 Å². The molecule has 0 fully saturated rings. The molecular formula is C18H22NO4+. The molecule has 0 saturated heterocycles. The number of fused-ring (bicyclic) bond motifs is 1. The second-order valence-corrected chi connectivity index (χ2v) is 5.58. The molecule has 0 aliphatic carbocycles. The number of quaternary nitrogens is 1. The highest BCUT2D eigenvalue weighted by atomic mass is 16.5. The van der Waals surface area contributed by atoms with E-state index in [9.17, 15) is 5.11 Å². The topological polar surface area (TPSA) is 64.5 Å². The molecule has 1 aliphatic heterocycles. The zero-order chi connectivity index (χ0) is 16.4. The highest BCUT2D eigenvalue weighted by Crippen LogP contribution is 2.38. The SMILES string of the molecule is COc1ccc([C@@H]2[NH2+]CCc3cc(OC)c(OC)cc32)c(O)c1. The van der Waals surface area contributed by atoms with E-state index >= 15 is 0 Å². The van der Waals surface area contributed by atoms with Crippen LogP contribution in [0.4, 0.5) is 0 Å². The Hall–Kier alpha value is -2.40. The molecule has 122 valence electrons. The van der Waals surface area contributed by atoms with E-state index in [-0.39, 0.29) is 11.8 Å². The van der Waals surface area contributed by atoms with Crippen LogP contribution in [-0.2, 0) is 6.42 Å². The molecule has 2 aromatic rings. The van der Waals surface area contributed by atoms with Crippen molar-refractivity contribution in [3.8, 4) is 23.0 Å². The molecule has 0 aromatic heterocycles. The first-order valence-electron chi connectivity index (χ1n) is 7.63. The van der Waals surface area contributed by atoms with E-state index in [1.54, 1.807) is 27.4 Å². The second-order valence-electron chi connectivity index (χ2n) is 5.58. The standard InChI is InChI=1S/C18H21NO4/c1-21-12-4-5-13(15(20)9-12)18-14-10-17(23-3)16(22-2)8-11(14)6-7-19-18/h4-5,8-10,18-20H,6-7H2,1-3H3/p+1/t18-/m0/s1. The Morgan fingerprint density at radius 1 is 0.957 bits per heavy atom. The number of phenolic OH excluding ortho intramolecular Hbond substituents is 1. The minimum Gasteiger partial charge on any atom is -0.507 e. The van der Waals surface area contributed by atoms with Crippen molar-refractivity contribution >= 4 is 0 Å². The number of hydrogen-bond donors (Lipinski definition) is 2. The fraction of sp³-hybridized carbons (Fsp3) is 0.333. The van der Waals surface area contributed by atoms with E-state index in [0.29, 0.717) is 11.5 Å². The number of phenols is 1. The third kappa shape index (κ3) is 2.80. The van der Waals surface area contributed by atoms with Crippen LogP contribution in [0.1, 0.15) is 22.7 Å². The van der Waals surface area contributed by atoms with Gasteiger partial charge in [0.2, 0.25) is 0 Å². The minimum atomic E-state index is 0.0319. The summed E-state index contributed by atoms with van der Waals surface area (Å²) in [6.45, 7) is 0.957. The third-order valence-electron chi connectivity index (χ3n) is 4.37. The van der Waals surface area contributed by atoms with Gasteiger partial charge < -0.3 is 24.6 Å². The lowest BCUT2D eigenvalue weighted by Gasteiger charge is -2.26. The normalized spacial score (nSPS) is 16.6. The molecule has 1 aliphatic rings. The molecule has 2 aromatic carbocycles. The molecule has 1 atom stereocenters. The van der Waals surface area contributed by atoms with Crippen LogP contribution in [0.2, 0.25) is 0 Å². The summed E-state index contributed by atoms with van der Waals surface area (Å²) in [5, 5.41) is 12.6. The number of rotatable bonds is 4. The molecule has 5 nitrogen and oxygen atoms in total. The fourth-order valence-corrected chi connectivity index (χ4v) is 3.18. The zero-order valence-electron chi connectivity index (χ0n) is 13.6. The molecule has 0 bridgehead atoms. The molecule has 3 rings (SSSR count). The number of benzene rings is 2. The predicted molar refractivity (Wildman–Crippen MR) is 86.5 cm³/mol. The van der Waals surface area contributed by atoms with Gasteiger partial charge in [0.1, 0.15) is 17.5 Å². The largest absolute Gasteiger partial charge is 0.507 e. The van der Waals surface area contributed by atoms with Crippen LogP contribution in [0.5, 0.6) is 23.0 Å². The number of hydrogen-bond acceptors (Lipinski definition) is 4. The Bertz CT molecular complexity index is 714. The quantitative estimate of drug-likeness (QED) is 0.900. The summed E-state index contributed by atoms with van der Waals surface area (Å²) in [7, 11) is 4.87. The third-order valence-corrected chi connectivity index (χ3v) is 4.37. The Morgan fingerprint density at radius 3 is 2.35 bits per heavy atom. The highest BCUT2D eigenvalue weighted by Gasteiger charge is 2.29. The average molecular weight is 316 g/mol. The van der Waals surface area contributed by atoms with Crippen LogP contribution in [0.25, 0.3) is 0 Å². The van der Waals surface area contributed by atoms with Crippen LogP contribution >= 0.6 is 0 Å². The van der Waals surface area contributed by atoms with E-state index in [0.717, 1.165) is 29.8 Å². The van der Waals surface area contributed by atoms with Gasteiger partial charge in [-0.1, -0.05) is 0 Å². The molecule has 0 amide bonds. The molecule has 0 unspecified atom stereocenters. The zero-order valence-corrected chi connectivity index (χ0v) is 13.6. The monoisotopic (exact) mass is 316 g/mol. The summed E-state index contributed by atoms with van der Waals surface area (Å²) in [4.78, 5) is 0. The van der Waals surface area contributed by atoms with Crippen molar-refractivity contribution in [3.05, 3.63) is 47.0 Å². The summed E-state index contributed by atoms with van der Waals surface area (Å²) in [6.07, 6.45) is 0.961. The van der Waals surface area contributed by atoms with Gasteiger partial charge >= 0.3 is 0 Å². The van der Waals surface area contributed by atoms with Crippen LogP contribution in [-0.4, -0.2) is 33.0 Å². The van der Waals surface area contributed by atoms with Gasteiger partial charge in [-0.15, -0.1) is 0 Å². The van der Waals surface area contributed by atoms with Gasteiger partial charge in [-0.2, -0.15) is 0 Å². The molecule has 3 N–H and O–H groups in total. The first-order valence-corrected chi connectivity index (χ1v) is 7.63. The maximum Gasteiger partial charge on any atom is 0.161 e. The molecule has 0 spiro atoms. The van der Waals surface area contributed by atoms with E-state index in [4.69, 9.17) is 14.2 Å². The molecule has 0 saturated carbocycles. The summed E-state index contributed by atoms with van der Waals surface area (Å²) < 4.78 is 16.0. The van der Waals surface area contributed by atoms with Crippen molar-refractivity contribution in [1.82, 2.24) is 0 Å². The summed E-state index contributed by atoms with van der Waals surface area (Å²) in [6, 6.07) is 9.52. The first-order chi connectivity index (χ1) is 11.2. The molecule has 0 radical (unpaired) electrons. The van der Waals surface area contributed by atoms with Gasteiger partial charge in [-0.25, -0.2) is 0 Å². The van der Waals surface area contributed by atoms with E-state index in [1.165, 1.54) is 5.56 Å². The van der Waals surface area contributed by atoms with Gasteiger partial charge in [0.05, 0.1) is 33.4 Å². The van der Waals surface area contributed by atoms with Crippen LogP contribution in [0.3, 0.4) is 0 Å². The highest BCUT2D eigenvalue weighted by molar-refractivity contribution is 5.52. The Morgan fingerprint density at radius 2 is 1.70 bits per heavy atom. The van der Waals surface area contributed by atoms with E-state index < -0.39 is 0 Å². The van der Waals surface area contributed by atoms with Crippen molar-refractivity contribution in [1.29, 1.82) is 0 Å². The number of methoxy groups -OCH3 is 3. The minimum absolute atomic E-state index is 0.0319. The number of aromatic hydroxyl groups is 1. The van der Waals surface area contributed by atoms with Gasteiger partial charge in [0, 0.05) is 18.1 Å². The molecule has 5 heteroatoms. The van der Waals surface area contributed by atoms with Crippen molar-refractivity contribution in [3.63, 3.8) is 0 Å². The van der Waals surface area contributed by atoms with Crippen LogP contribution in [0.15, 0.2) is 30.3 Å².